The van der Waals surface area contributed by atoms with Crippen molar-refractivity contribution < 1.29 is 8.78 Å². The third-order valence-electron chi connectivity index (χ3n) is 4.48. The SMILES string of the molecule is CCCCCc1ccc(-c2cc(F)ccc2-c2ccccc2F)cc1. The van der Waals surface area contributed by atoms with Crippen LogP contribution in [0.15, 0.2) is 66.7 Å². The minimum atomic E-state index is -0.317. The van der Waals surface area contributed by atoms with Crippen molar-refractivity contribution in [3.8, 4) is 22.3 Å². The highest BCUT2D eigenvalue weighted by Crippen LogP contribution is 2.34. The fourth-order valence-electron chi connectivity index (χ4n) is 3.10. The zero-order valence-electron chi connectivity index (χ0n) is 14.4. The van der Waals surface area contributed by atoms with Gasteiger partial charge in [0, 0.05) is 5.56 Å². The van der Waals surface area contributed by atoms with Gasteiger partial charge in [0.05, 0.1) is 0 Å². The van der Waals surface area contributed by atoms with Gasteiger partial charge in [0.1, 0.15) is 11.6 Å². The quantitative estimate of drug-likeness (QED) is 0.424. The summed E-state index contributed by atoms with van der Waals surface area (Å²) in [6.07, 6.45) is 4.66. The van der Waals surface area contributed by atoms with Crippen LogP contribution in [0.5, 0.6) is 0 Å². The summed E-state index contributed by atoms with van der Waals surface area (Å²) in [6.45, 7) is 2.19. The highest BCUT2D eigenvalue weighted by Gasteiger charge is 2.12. The first-order valence-electron chi connectivity index (χ1n) is 8.83. The van der Waals surface area contributed by atoms with Gasteiger partial charge in [0.15, 0.2) is 0 Å². The minimum absolute atomic E-state index is 0.299. The predicted octanol–water partition coefficient (Wildman–Crippen LogP) is 7.03. The second kappa shape index (κ2) is 8.06. The topological polar surface area (TPSA) is 0 Å². The van der Waals surface area contributed by atoms with Crippen LogP contribution in [0.1, 0.15) is 31.7 Å². The molecule has 0 saturated heterocycles. The summed E-state index contributed by atoms with van der Waals surface area (Å²) in [5.74, 6) is -0.617. The molecule has 0 aromatic heterocycles. The molecule has 0 aliphatic rings. The molecule has 0 radical (unpaired) electrons. The van der Waals surface area contributed by atoms with E-state index in [0.29, 0.717) is 16.7 Å². The van der Waals surface area contributed by atoms with E-state index in [-0.39, 0.29) is 11.6 Å². The molecule has 0 fully saturated rings. The average molecular weight is 336 g/mol. The van der Waals surface area contributed by atoms with Gasteiger partial charge in [-0.3, -0.25) is 0 Å². The summed E-state index contributed by atoms with van der Waals surface area (Å²) in [7, 11) is 0. The molecule has 0 N–H and O–H groups in total. The van der Waals surface area contributed by atoms with Crippen molar-refractivity contribution in [2.45, 2.75) is 32.6 Å². The summed E-state index contributed by atoms with van der Waals surface area (Å²) in [5.41, 5.74) is 4.09. The van der Waals surface area contributed by atoms with Crippen LogP contribution in [-0.2, 0) is 6.42 Å². The molecule has 25 heavy (non-hydrogen) atoms. The lowest BCUT2D eigenvalue weighted by molar-refractivity contribution is 0.626. The maximum Gasteiger partial charge on any atom is 0.131 e. The van der Waals surface area contributed by atoms with Gasteiger partial charge in [-0.15, -0.1) is 0 Å². The van der Waals surface area contributed by atoms with Gasteiger partial charge in [0.2, 0.25) is 0 Å². The predicted molar refractivity (Wildman–Crippen MR) is 100 cm³/mol. The van der Waals surface area contributed by atoms with Gasteiger partial charge in [-0.25, -0.2) is 8.78 Å². The van der Waals surface area contributed by atoms with E-state index >= 15 is 0 Å². The first-order chi connectivity index (χ1) is 12.2. The van der Waals surface area contributed by atoms with Crippen LogP contribution in [-0.4, -0.2) is 0 Å². The minimum Gasteiger partial charge on any atom is -0.207 e. The van der Waals surface area contributed by atoms with E-state index in [4.69, 9.17) is 0 Å². The van der Waals surface area contributed by atoms with Gasteiger partial charge in [0.25, 0.3) is 0 Å². The molecule has 0 unspecified atom stereocenters. The number of halogens is 2. The van der Waals surface area contributed by atoms with E-state index in [1.54, 1.807) is 24.3 Å². The number of aryl methyl sites for hydroxylation is 1. The third-order valence-corrected chi connectivity index (χ3v) is 4.48. The standard InChI is InChI=1S/C23H22F2/c1-2-3-4-7-17-10-12-18(13-11-17)22-16-19(24)14-15-20(22)21-8-5-6-9-23(21)25/h5-6,8-16H,2-4,7H2,1H3. The van der Waals surface area contributed by atoms with E-state index in [1.165, 1.54) is 43.0 Å². The Balaban J connectivity index is 1.97. The lowest BCUT2D eigenvalue weighted by Gasteiger charge is -2.12. The monoisotopic (exact) mass is 336 g/mol. The van der Waals surface area contributed by atoms with Crippen molar-refractivity contribution in [1.29, 1.82) is 0 Å². The van der Waals surface area contributed by atoms with E-state index in [1.807, 2.05) is 12.1 Å². The average Bonchev–Trinajstić information content (AvgIpc) is 2.63. The third kappa shape index (κ3) is 4.14. The molecule has 3 rings (SSSR count). The van der Waals surface area contributed by atoms with Crippen molar-refractivity contribution in [2.24, 2.45) is 0 Å². The molecule has 3 aromatic rings. The van der Waals surface area contributed by atoms with Crippen LogP contribution in [0.25, 0.3) is 22.3 Å². The second-order valence-electron chi connectivity index (χ2n) is 6.32. The molecule has 0 atom stereocenters. The Morgan fingerprint density at radius 3 is 2.20 bits per heavy atom. The summed E-state index contributed by atoms with van der Waals surface area (Å²) in [5, 5.41) is 0. The largest absolute Gasteiger partial charge is 0.207 e. The molecule has 0 bridgehead atoms. The molecular weight excluding hydrogens is 314 g/mol. The Morgan fingerprint density at radius 1 is 0.720 bits per heavy atom. The molecule has 0 spiro atoms. The molecule has 0 aliphatic heterocycles. The molecule has 0 saturated carbocycles. The van der Waals surface area contributed by atoms with Crippen LogP contribution in [0.3, 0.4) is 0 Å². The summed E-state index contributed by atoms with van der Waals surface area (Å²) in [4.78, 5) is 0. The molecule has 2 heteroatoms. The highest BCUT2D eigenvalue weighted by atomic mass is 19.1. The molecule has 0 aliphatic carbocycles. The van der Waals surface area contributed by atoms with Crippen molar-refractivity contribution in [3.63, 3.8) is 0 Å². The Bertz CT molecular complexity index is 835. The Kier molecular flexibility index (Phi) is 5.60. The van der Waals surface area contributed by atoms with Crippen molar-refractivity contribution in [2.75, 3.05) is 0 Å². The number of rotatable bonds is 6. The Hall–Kier alpha value is -2.48. The lowest BCUT2D eigenvalue weighted by Crippen LogP contribution is -1.91. The number of hydrogen-bond donors (Lipinski definition) is 0. The molecule has 3 aromatic carbocycles. The fraction of sp³-hybridized carbons (Fsp3) is 0.217. The second-order valence-corrected chi connectivity index (χ2v) is 6.32. The Labute approximate surface area is 148 Å². The van der Waals surface area contributed by atoms with Crippen molar-refractivity contribution >= 4 is 0 Å². The van der Waals surface area contributed by atoms with Crippen molar-refractivity contribution in [3.05, 3.63) is 83.9 Å². The van der Waals surface area contributed by atoms with Gasteiger partial charge >= 0.3 is 0 Å². The van der Waals surface area contributed by atoms with Gasteiger partial charge in [-0.2, -0.15) is 0 Å². The summed E-state index contributed by atoms with van der Waals surface area (Å²) in [6, 6.07) is 19.3. The van der Waals surface area contributed by atoms with Crippen molar-refractivity contribution in [1.82, 2.24) is 0 Å². The van der Waals surface area contributed by atoms with Crippen LogP contribution in [0.4, 0.5) is 8.78 Å². The maximum absolute atomic E-state index is 14.2. The van der Waals surface area contributed by atoms with E-state index in [0.717, 1.165) is 12.0 Å². The van der Waals surface area contributed by atoms with Crippen LogP contribution < -0.4 is 0 Å². The van der Waals surface area contributed by atoms with Gasteiger partial charge in [-0.05, 0) is 53.3 Å². The first kappa shape index (κ1) is 17.3. The fourth-order valence-corrected chi connectivity index (χ4v) is 3.10. The number of unbranched alkanes of at least 4 members (excludes halogenated alkanes) is 2. The highest BCUT2D eigenvalue weighted by molar-refractivity contribution is 5.83. The summed E-state index contributed by atoms with van der Waals surface area (Å²) >= 11 is 0. The maximum atomic E-state index is 14.2. The molecule has 0 amide bonds. The summed E-state index contributed by atoms with van der Waals surface area (Å²) < 4.78 is 28.1. The zero-order valence-corrected chi connectivity index (χ0v) is 14.4. The molecular formula is C23H22F2. The molecule has 0 heterocycles. The van der Waals surface area contributed by atoms with E-state index in [2.05, 4.69) is 19.1 Å². The first-order valence-corrected chi connectivity index (χ1v) is 8.83. The van der Waals surface area contributed by atoms with Gasteiger partial charge in [-0.1, -0.05) is 68.3 Å². The van der Waals surface area contributed by atoms with Crippen LogP contribution >= 0.6 is 0 Å². The Morgan fingerprint density at radius 2 is 1.48 bits per heavy atom. The normalized spacial score (nSPS) is 10.8. The van der Waals surface area contributed by atoms with Crippen LogP contribution in [0.2, 0.25) is 0 Å². The smallest absolute Gasteiger partial charge is 0.131 e. The zero-order chi connectivity index (χ0) is 17.6. The molecule has 128 valence electrons. The lowest BCUT2D eigenvalue weighted by atomic mass is 9.93. The van der Waals surface area contributed by atoms with E-state index in [9.17, 15) is 8.78 Å². The van der Waals surface area contributed by atoms with E-state index < -0.39 is 0 Å². The van der Waals surface area contributed by atoms with Crippen LogP contribution in [0, 0.1) is 11.6 Å². The van der Waals surface area contributed by atoms with Gasteiger partial charge < -0.3 is 0 Å². The molecule has 0 nitrogen and oxygen atoms in total. The number of benzene rings is 3. The number of hydrogen-bond acceptors (Lipinski definition) is 0.